The molecule has 0 N–H and O–H groups in total. The van der Waals surface area contributed by atoms with Crippen LogP contribution in [0.3, 0.4) is 0 Å². The number of rotatable bonds is 5. The molecule has 0 atom stereocenters. The Morgan fingerprint density at radius 2 is 1.94 bits per heavy atom. The fraction of sp³-hybridized carbons (Fsp3) is 0.217. The molecule has 0 radical (unpaired) electrons. The lowest BCUT2D eigenvalue weighted by atomic mass is 10.1. The van der Waals surface area contributed by atoms with Crippen LogP contribution in [0, 0.1) is 6.92 Å². The molecule has 8 heteroatoms. The average Bonchev–Trinajstić information content (AvgIpc) is 3.35. The van der Waals surface area contributed by atoms with E-state index in [-0.39, 0.29) is 13.2 Å². The zero-order valence-electron chi connectivity index (χ0n) is 17.3. The number of aromatic nitrogens is 5. The van der Waals surface area contributed by atoms with Crippen molar-refractivity contribution in [3.8, 4) is 17.1 Å². The zero-order valence-corrected chi connectivity index (χ0v) is 17.3. The number of carbonyl (C=O) groups excluding carboxylic acids is 1. The number of benzene rings is 2. The number of esters is 1. The maximum atomic E-state index is 12.5. The summed E-state index contributed by atoms with van der Waals surface area (Å²) in [6.07, 6.45) is 2.08. The number of aryl methyl sites for hydroxylation is 1. The summed E-state index contributed by atoms with van der Waals surface area (Å²) < 4.78 is 14.9. The number of hydrogen-bond acceptors (Lipinski definition) is 6. The Labute approximate surface area is 179 Å². The highest BCUT2D eigenvalue weighted by Gasteiger charge is 2.29. The predicted octanol–water partition coefficient (Wildman–Crippen LogP) is 3.42. The fourth-order valence-corrected chi connectivity index (χ4v) is 3.77. The van der Waals surface area contributed by atoms with E-state index >= 15 is 0 Å². The number of ether oxygens (including phenoxy) is 2. The third-order valence-corrected chi connectivity index (χ3v) is 5.25. The SMILES string of the molecule is CCOC(=O)c1ncn2c1Cc1c(COc3ccccc3)nnn1-c1cc(C)ccc1-2. The molecule has 3 heterocycles. The molecule has 5 rings (SSSR count). The van der Waals surface area contributed by atoms with Gasteiger partial charge in [-0.05, 0) is 43.7 Å². The van der Waals surface area contributed by atoms with Crippen molar-refractivity contribution in [2.75, 3.05) is 6.61 Å². The van der Waals surface area contributed by atoms with Crippen LogP contribution in [0.4, 0.5) is 0 Å². The van der Waals surface area contributed by atoms with Gasteiger partial charge in [-0.2, -0.15) is 0 Å². The normalized spacial score (nSPS) is 11.8. The summed E-state index contributed by atoms with van der Waals surface area (Å²) in [6, 6.07) is 15.6. The molecule has 2 aromatic heterocycles. The minimum Gasteiger partial charge on any atom is -0.487 e. The number of hydrogen-bond donors (Lipinski definition) is 0. The summed E-state index contributed by atoms with van der Waals surface area (Å²) in [5.74, 6) is 0.319. The van der Waals surface area contributed by atoms with Crippen LogP contribution in [0.5, 0.6) is 5.75 Å². The van der Waals surface area contributed by atoms with Crippen molar-refractivity contribution in [3.05, 3.63) is 83.2 Å². The Bertz CT molecular complexity index is 1260. The van der Waals surface area contributed by atoms with Gasteiger partial charge in [-0.3, -0.25) is 4.57 Å². The van der Waals surface area contributed by atoms with Crippen LogP contribution < -0.4 is 4.74 Å². The first-order chi connectivity index (χ1) is 15.2. The zero-order chi connectivity index (χ0) is 21.4. The molecule has 0 fully saturated rings. The number of fused-ring (bicyclic) bond motifs is 5. The van der Waals surface area contributed by atoms with E-state index in [9.17, 15) is 4.79 Å². The largest absolute Gasteiger partial charge is 0.487 e. The van der Waals surface area contributed by atoms with Crippen molar-refractivity contribution < 1.29 is 14.3 Å². The van der Waals surface area contributed by atoms with Crippen LogP contribution in [0.25, 0.3) is 11.4 Å². The molecule has 4 aromatic rings. The van der Waals surface area contributed by atoms with E-state index in [0.29, 0.717) is 17.8 Å². The number of carbonyl (C=O) groups is 1. The van der Waals surface area contributed by atoms with E-state index in [1.807, 2.05) is 58.6 Å². The molecule has 8 nitrogen and oxygen atoms in total. The summed E-state index contributed by atoms with van der Waals surface area (Å²) in [5.41, 5.74) is 5.45. The molecule has 0 saturated carbocycles. The van der Waals surface area contributed by atoms with Crippen molar-refractivity contribution in [3.63, 3.8) is 0 Å². The van der Waals surface area contributed by atoms with Crippen LogP contribution in [-0.2, 0) is 17.8 Å². The third kappa shape index (κ3) is 3.35. The summed E-state index contributed by atoms with van der Waals surface area (Å²) in [5, 5.41) is 8.82. The minimum atomic E-state index is -0.437. The van der Waals surface area contributed by atoms with E-state index in [0.717, 1.165) is 34.1 Å². The van der Waals surface area contributed by atoms with Crippen LogP contribution in [-0.4, -0.2) is 37.1 Å². The molecule has 0 saturated heterocycles. The van der Waals surface area contributed by atoms with E-state index in [4.69, 9.17) is 9.47 Å². The first kappa shape index (κ1) is 19.0. The Kier molecular flexibility index (Phi) is 4.74. The van der Waals surface area contributed by atoms with Gasteiger partial charge in [0.2, 0.25) is 0 Å². The summed E-state index contributed by atoms with van der Waals surface area (Å²) in [4.78, 5) is 16.9. The van der Waals surface area contributed by atoms with Crippen LogP contribution in [0.1, 0.15) is 40.1 Å². The summed E-state index contributed by atoms with van der Waals surface area (Å²) >= 11 is 0. The fourth-order valence-electron chi connectivity index (χ4n) is 3.77. The molecular formula is C23H21N5O3. The van der Waals surface area contributed by atoms with Gasteiger partial charge in [0.25, 0.3) is 0 Å². The van der Waals surface area contributed by atoms with E-state index in [1.165, 1.54) is 0 Å². The molecule has 1 aliphatic rings. The summed E-state index contributed by atoms with van der Waals surface area (Å²) in [6.45, 7) is 4.36. The average molecular weight is 415 g/mol. The lowest BCUT2D eigenvalue weighted by Gasteiger charge is -2.10. The van der Waals surface area contributed by atoms with Crippen molar-refractivity contribution in [1.29, 1.82) is 0 Å². The monoisotopic (exact) mass is 415 g/mol. The molecule has 2 aromatic carbocycles. The maximum Gasteiger partial charge on any atom is 0.358 e. The lowest BCUT2D eigenvalue weighted by Crippen LogP contribution is -2.11. The highest BCUT2D eigenvalue weighted by molar-refractivity contribution is 5.89. The molecule has 0 unspecified atom stereocenters. The minimum absolute atomic E-state index is 0.267. The van der Waals surface area contributed by atoms with Gasteiger partial charge in [-0.1, -0.05) is 29.5 Å². The van der Waals surface area contributed by atoms with Crippen LogP contribution in [0.2, 0.25) is 0 Å². The second-order valence-corrected chi connectivity index (χ2v) is 7.30. The standard InChI is InChI=1S/C23H21N5O3/c1-3-30-23(29)22-21-12-19-17(13-31-16-7-5-4-6-8-16)25-26-28(19)20-11-15(2)9-10-18(20)27(21)14-24-22/h4-11,14H,3,12-13H2,1-2H3. The van der Waals surface area contributed by atoms with Gasteiger partial charge in [-0.25, -0.2) is 14.5 Å². The Balaban J connectivity index is 1.61. The van der Waals surface area contributed by atoms with Crippen molar-refractivity contribution in [2.24, 2.45) is 0 Å². The van der Waals surface area contributed by atoms with Gasteiger partial charge in [0.1, 0.15) is 24.4 Å². The van der Waals surface area contributed by atoms with E-state index in [2.05, 4.69) is 21.4 Å². The molecule has 1 aliphatic heterocycles. The quantitative estimate of drug-likeness (QED) is 0.409. The number of para-hydroxylation sites is 1. The van der Waals surface area contributed by atoms with Gasteiger partial charge >= 0.3 is 5.97 Å². The van der Waals surface area contributed by atoms with Crippen molar-refractivity contribution >= 4 is 5.97 Å². The molecule has 0 spiro atoms. The van der Waals surface area contributed by atoms with E-state index in [1.54, 1.807) is 13.3 Å². The van der Waals surface area contributed by atoms with Gasteiger partial charge in [0.15, 0.2) is 5.69 Å². The molecule has 0 aliphatic carbocycles. The first-order valence-corrected chi connectivity index (χ1v) is 10.1. The Morgan fingerprint density at radius 1 is 1.10 bits per heavy atom. The molecule has 156 valence electrons. The highest BCUT2D eigenvalue weighted by atomic mass is 16.5. The molecule has 0 amide bonds. The molecular weight excluding hydrogens is 394 g/mol. The Hall–Kier alpha value is -3.94. The number of nitrogens with zero attached hydrogens (tertiary/aromatic N) is 5. The van der Waals surface area contributed by atoms with Gasteiger partial charge in [0, 0.05) is 6.42 Å². The van der Waals surface area contributed by atoms with Gasteiger partial charge < -0.3 is 9.47 Å². The molecule has 0 bridgehead atoms. The summed E-state index contributed by atoms with van der Waals surface area (Å²) in [7, 11) is 0. The second kappa shape index (κ2) is 7.71. The van der Waals surface area contributed by atoms with Crippen LogP contribution in [0.15, 0.2) is 54.9 Å². The first-order valence-electron chi connectivity index (χ1n) is 10.1. The topological polar surface area (TPSA) is 84.1 Å². The highest BCUT2D eigenvalue weighted by Crippen LogP contribution is 2.31. The molecule has 31 heavy (non-hydrogen) atoms. The van der Waals surface area contributed by atoms with Gasteiger partial charge in [0.05, 0.1) is 29.4 Å². The maximum absolute atomic E-state index is 12.5. The predicted molar refractivity (Wildman–Crippen MR) is 113 cm³/mol. The lowest BCUT2D eigenvalue weighted by molar-refractivity contribution is 0.0519. The smallest absolute Gasteiger partial charge is 0.358 e. The van der Waals surface area contributed by atoms with Crippen molar-refractivity contribution in [2.45, 2.75) is 26.9 Å². The third-order valence-electron chi connectivity index (χ3n) is 5.25. The van der Waals surface area contributed by atoms with E-state index < -0.39 is 5.97 Å². The van der Waals surface area contributed by atoms with Crippen LogP contribution >= 0.6 is 0 Å². The number of imidazole rings is 1. The van der Waals surface area contributed by atoms with Crippen molar-refractivity contribution in [1.82, 2.24) is 24.5 Å². The second-order valence-electron chi connectivity index (χ2n) is 7.30. The Morgan fingerprint density at radius 3 is 2.74 bits per heavy atom. The van der Waals surface area contributed by atoms with Gasteiger partial charge in [-0.15, -0.1) is 5.10 Å².